The molecule has 0 atom stereocenters. The summed E-state index contributed by atoms with van der Waals surface area (Å²) >= 11 is 0. The first-order valence-corrected chi connectivity index (χ1v) is 6.44. The van der Waals surface area contributed by atoms with Gasteiger partial charge in [0, 0.05) is 26.3 Å². The van der Waals surface area contributed by atoms with E-state index in [1.807, 2.05) is 0 Å². The standard InChI is InChI=1S/C12H25N3O/c1-2-3-7-14-12(13)15-8-4-9-16-10-11-5-6-11/h11H,2-10H2,1H3,(H3,13,14,15). The molecule has 0 radical (unpaired) electrons. The van der Waals surface area contributed by atoms with Crippen LogP contribution in [0.5, 0.6) is 0 Å². The third kappa shape index (κ3) is 7.51. The smallest absolute Gasteiger partial charge is 0.188 e. The summed E-state index contributed by atoms with van der Waals surface area (Å²) in [6.07, 6.45) is 5.98. The molecule has 0 aromatic heterocycles. The quantitative estimate of drug-likeness (QED) is 0.356. The number of rotatable bonds is 9. The zero-order valence-electron chi connectivity index (χ0n) is 10.4. The van der Waals surface area contributed by atoms with Gasteiger partial charge in [-0.3, -0.25) is 4.99 Å². The molecule has 1 aliphatic carbocycles. The van der Waals surface area contributed by atoms with Crippen LogP contribution in [0, 0.1) is 5.92 Å². The number of nitrogens with one attached hydrogen (secondary N) is 1. The SMILES string of the molecule is CCCCNC(N)=NCCCOCC1CC1. The Kier molecular flexibility index (Phi) is 6.97. The number of guanidine groups is 1. The van der Waals surface area contributed by atoms with Gasteiger partial charge in [-0.25, -0.2) is 0 Å². The maximum Gasteiger partial charge on any atom is 0.188 e. The molecule has 3 N–H and O–H groups in total. The molecule has 1 rings (SSSR count). The second-order valence-corrected chi connectivity index (χ2v) is 4.42. The lowest BCUT2D eigenvalue weighted by atomic mass is 10.3. The Morgan fingerprint density at radius 1 is 1.44 bits per heavy atom. The summed E-state index contributed by atoms with van der Waals surface area (Å²) in [5.41, 5.74) is 5.69. The molecule has 0 aromatic rings. The molecular weight excluding hydrogens is 202 g/mol. The highest BCUT2D eigenvalue weighted by molar-refractivity contribution is 5.77. The molecule has 4 nitrogen and oxygen atoms in total. The van der Waals surface area contributed by atoms with Crippen molar-refractivity contribution in [1.82, 2.24) is 5.32 Å². The molecule has 0 aliphatic heterocycles. The maximum absolute atomic E-state index is 5.69. The van der Waals surface area contributed by atoms with Gasteiger partial charge in [-0.05, 0) is 31.6 Å². The summed E-state index contributed by atoms with van der Waals surface area (Å²) in [6, 6.07) is 0. The second-order valence-electron chi connectivity index (χ2n) is 4.42. The van der Waals surface area contributed by atoms with Crippen molar-refractivity contribution in [1.29, 1.82) is 0 Å². The highest BCUT2D eigenvalue weighted by atomic mass is 16.5. The Hall–Kier alpha value is -0.770. The fraction of sp³-hybridized carbons (Fsp3) is 0.917. The van der Waals surface area contributed by atoms with Crippen molar-refractivity contribution in [3.8, 4) is 0 Å². The molecule has 0 bridgehead atoms. The van der Waals surface area contributed by atoms with E-state index in [-0.39, 0.29) is 0 Å². The lowest BCUT2D eigenvalue weighted by Gasteiger charge is -2.04. The first kappa shape index (κ1) is 13.3. The fourth-order valence-corrected chi connectivity index (χ4v) is 1.35. The molecule has 1 fully saturated rings. The molecule has 0 heterocycles. The summed E-state index contributed by atoms with van der Waals surface area (Å²) in [5.74, 6) is 1.42. The van der Waals surface area contributed by atoms with Gasteiger partial charge in [0.1, 0.15) is 0 Å². The van der Waals surface area contributed by atoms with Gasteiger partial charge in [-0.1, -0.05) is 13.3 Å². The summed E-state index contributed by atoms with van der Waals surface area (Å²) in [6.45, 7) is 5.59. The van der Waals surface area contributed by atoms with Crippen LogP contribution in [0.15, 0.2) is 4.99 Å². The van der Waals surface area contributed by atoms with E-state index in [1.54, 1.807) is 0 Å². The van der Waals surface area contributed by atoms with Gasteiger partial charge >= 0.3 is 0 Å². The summed E-state index contributed by atoms with van der Waals surface area (Å²) in [7, 11) is 0. The number of unbranched alkanes of at least 4 members (excludes halogenated alkanes) is 1. The van der Waals surface area contributed by atoms with Gasteiger partial charge in [0.25, 0.3) is 0 Å². The Balaban J connectivity index is 1.84. The van der Waals surface area contributed by atoms with Crippen LogP contribution in [0.3, 0.4) is 0 Å². The largest absolute Gasteiger partial charge is 0.381 e. The minimum atomic E-state index is 0.565. The van der Waals surface area contributed by atoms with Crippen LogP contribution < -0.4 is 11.1 Å². The Morgan fingerprint density at radius 2 is 2.25 bits per heavy atom. The van der Waals surface area contributed by atoms with Crippen molar-refractivity contribution >= 4 is 5.96 Å². The predicted octanol–water partition coefficient (Wildman–Crippen LogP) is 1.51. The number of nitrogens with two attached hydrogens (primary N) is 1. The normalized spacial score (nSPS) is 16.4. The molecule has 0 unspecified atom stereocenters. The lowest BCUT2D eigenvalue weighted by Crippen LogP contribution is -2.32. The van der Waals surface area contributed by atoms with Crippen molar-refractivity contribution < 1.29 is 4.74 Å². The van der Waals surface area contributed by atoms with Crippen molar-refractivity contribution in [2.45, 2.75) is 39.0 Å². The minimum Gasteiger partial charge on any atom is -0.381 e. The van der Waals surface area contributed by atoms with Crippen molar-refractivity contribution in [2.24, 2.45) is 16.6 Å². The molecule has 0 spiro atoms. The number of ether oxygens (including phenoxy) is 1. The molecule has 1 saturated carbocycles. The number of nitrogens with zero attached hydrogens (tertiary/aromatic N) is 1. The van der Waals surface area contributed by atoms with E-state index < -0.39 is 0 Å². The first-order valence-electron chi connectivity index (χ1n) is 6.44. The van der Waals surface area contributed by atoms with E-state index in [0.29, 0.717) is 5.96 Å². The van der Waals surface area contributed by atoms with Gasteiger partial charge in [-0.15, -0.1) is 0 Å². The van der Waals surface area contributed by atoms with Gasteiger partial charge in [0.15, 0.2) is 5.96 Å². The van der Waals surface area contributed by atoms with E-state index in [2.05, 4.69) is 17.2 Å². The Bertz CT molecular complexity index is 202. The average molecular weight is 227 g/mol. The van der Waals surface area contributed by atoms with E-state index in [1.165, 1.54) is 19.3 Å². The molecular formula is C12H25N3O. The topological polar surface area (TPSA) is 59.6 Å². The highest BCUT2D eigenvalue weighted by Crippen LogP contribution is 2.28. The van der Waals surface area contributed by atoms with Crippen molar-refractivity contribution in [2.75, 3.05) is 26.3 Å². The third-order valence-corrected chi connectivity index (χ3v) is 2.62. The number of hydrogen-bond acceptors (Lipinski definition) is 2. The molecule has 0 aromatic carbocycles. The fourth-order valence-electron chi connectivity index (χ4n) is 1.35. The summed E-state index contributed by atoms with van der Waals surface area (Å²) in [4.78, 5) is 4.23. The van der Waals surface area contributed by atoms with E-state index in [0.717, 1.165) is 45.1 Å². The maximum atomic E-state index is 5.69. The van der Waals surface area contributed by atoms with Crippen LogP contribution in [-0.4, -0.2) is 32.3 Å². The van der Waals surface area contributed by atoms with Crippen molar-refractivity contribution in [3.63, 3.8) is 0 Å². The second kappa shape index (κ2) is 8.39. The third-order valence-electron chi connectivity index (χ3n) is 2.62. The van der Waals surface area contributed by atoms with E-state index in [4.69, 9.17) is 10.5 Å². The van der Waals surface area contributed by atoms with E-state index >= 15 is 0 Å². The average Bonchev–Trinajstić information content (AvgIpc) is 3.07. The molecule has 16 heavy (non-hydrogen) atoms. The van der Waals surface area contributed by atoms with Crippen LogP contribution in [0.1, 0.15) is 39.0 Å². The van der Waals surface area contributed by atoms with Crippen molar-refractivity contribution in [3.05, 3.63) is 0 Å². The van der Waals surface area contributed by atoms with Gasteiger partial charge in [-0.2, -0.15) is 0 Å². The zero-order valence-corrected chi connectivity index (χ0v) is 10.4. The monoisotopic (exact) mass is 227 g/mol. The Labute approximate surface area is 98.6 Å². The Morgan fingerprint density at radius 3 is 2.94 bits per heavy atom. The van der Waals surface area contributed by atoms with Gasteiger partial charge < -0.3 is 15.8 Å². The minimum absolute atomic E-state index is 0.565. The molecule has 1 aliphatic rings. The molecule has 0 saturated heterocycles. The van der Waals surface area contributed by atoms with Crippen LogP contribution in [0.4, 0.5) is 0 Å². The highest BCUT2D eigenvalue weighted by Gasteiger charge is 2.20. The van der Waals surface area contributed by atoms with Crippen LogP contribution in [0.2, 0.25) is 0 Å². The van der Waals surface area contributed by atoms with Gasteiger partial charge in [0.2, 0.25) is 0 Å². The molecule has 4 heteroatoms. The van der Waals surface area contributed by atoms with E-state index in [9.17, 15) is 0 Å². The summed E-state index contributed by atoms with van der Waals surface area (Å²) < 4.78 is 5.51. The van der Waals surface area contributed by atoms with Crippen LogP contribution in [0.25, 0.3) is 0 Å². The number of hydrogen-bond donors (Lipinski definition) is 2. The zero-order chi connectivity index (χ0) is 11.6. The summed E-state index contributed by atoms with van der Waals surface area (Å²) in [5, 5.41) is 3.09. The van der Waals surface area contributed by atoms with Gasteiger partial charge in [0.05, 0.1) is 0 Å². The van der Waals surface area contributed by atoms with Crippen LogP contribution >= 0.6 is 0 Å². The predicted molar refractivity (Wildman–Crippen MR) is 67.6 cm³/mol. The lowest BCUT2D eigenvalue weighted by molar-refractivity contribution is 0.123. The first-order chi connectivity index (χ1) is 7.83. The van der Waals surface area contributed by atoms with Crippen LogP contribution in [-0.2, 0) is 4.74 Å². The molecule has 0 amide bonds. The number of aliphatic imine (C=N–C) groups is 1. The molecule has 94 valence electrons.